The van der Waals surface area contributed by atoms with Crippen molar-refractivity contribution >= 4 is 39.5 Å². The second-order valence-electron chi connectivity index (χ2n) is 27.6. The number of esters is 4. The molecule has 0 aliphatic carbocycles. The predicted octanol–water partition coefficient (Wildman–Crippen LogP) is 25.7. The average Bonchev–Trinajstić information content (AvgIpc) is 0.895. The van der Waals surface area contributed by atoms with Crippen LogP contribution in [0.25, 0.3) is 0 Å². The Kier molecular flexibility index (Phi) is 78.4. The van der Waals surface area contributed by atoms with Gasteiger partial charge in [-0.3, -0.25) is 37.3 Å². The summed E-state index contributed by atoms with van der Waals surface area (Å²) in [6, 6.07) is 0. The van der Waals surface area contributed by atoms with Gasteiger partial charge in [0.25, 0.3) is 0 Å². The summed E-state index contributed by atoms with van der Waals surface area (Å²) in [5.41, 5.74) is 0. The Morgan fingerprint density at radius 2 is 0.438 bits per heavy atom. The van der Waals surface area contributed by atoms with Crippen LogP contribution in [-0.4, -0.2) is 96.7 Å². The first-order valence-electron chi connectivity index (χ1n) is 42.7. The summed E-state index contributed by atoms with van der Waals surface area (Å²) in [7, 11) is -10.0. The van der Waals surface area contributed by atoms with Gasteiger partial charge in [-0.2, -0.15) is 0 Å². The molecule has 0 fully saturated rings. The second-order valence-corrected chi connectivity index (χ2v) is 30.5. The maximum Gasteiger partial charge on any atom is 0.472 e. The van der Waals surface area contributed by atoms with Crippen molar-refractivity contribution in [2.24, 2.45) is 0 Å². The summed E-state index contributed by atoms with van der Waals surface area (Å²) < 4.78 is 68.8. The lowest BCUT2D eigenvalue weighted by atomic mass is 10.1. The molecule has 0 rings (SSSR count). The van der Waals surface area contributed by atoms with Gasteiger partial charge < -0.3 is 33.8 Å². The van der Waals surface area contributed by atoms with E-state index in [1.165, 1.54) is 0 Å². The van der Waals surface area contributed by atoms with Gasteiger partial charge in [0.1, 0.15) is 19.3 Å². The van der Waals surface area contributed by atoms with E-state index in [0.717, 1.165) is 231 Å². The largest absolute Gasteiger partial charge is 0.472 e. The molecule has 0 aromatic rings. The maximum absolute atomic E-state index is 13.2. The van der Waals surface area contributed by atoms with Crippen LogP contribution in [0.3, 0.4) is 0 Å². The molecule has 3 N–H and O–H groups in total. The molecule has 0 bridgehead atoms. The van der Waals surface area contributed by atoms with Crippen LogP contribution in [0.4, 0.5) is 0 Å². The number of rotatable bonds is 78. The van der Waals surface area contributed by atoms with Gasteiger partial charge in [-0.05, 0) is 180 Å². The molecule has 0 heterocycles. The van der Waals surface area contributed by atoms with Crippen molar-refractivity contribution in [3.8, 4) is 0 Å². The third-order valence-electron chi connectivity index (χ3n) is 17.0. The highest BCUT2D eigenvalue weighted by Gasteiger charge is 2.30. The minimum Gasteiger partial charge on any atom is -0.462 e. The van der Waals surface area contributed by atoms with E-state index in [1.807, 2.05) is 0 Å². The molecule has 4 atom stereocenters. The maximum atomic E-state index is 13.2. The lowest BCUT2D eigenvalue weighted by Crippen LogP contribution is -2.30. The normalized spacial score (nSPS) is 14.7. The van der Waals surface area contributed by atoms with Gasteiger partial charge >= 0.3 is 39.5 Å². The summed E-state index contributed by atoms with van der Waals surface area (Å²) in [5, 5.41) is 10.7. The monoisotopic (exact) mass is 1600 g/mol. The van der Waals surface area contributed by atoms with Crippen LogP contribution in [-0.2, 0) is 65.4 Å². The van der Waals surface area contributed by atoms with E-state index < -0.39 is 97.5 Å². The number of unbranched alkanes of at least 4 members (excludes halogenated alkanes) is 20. The molecule has 0 amide bonds. The van der Waals surface area contributed by atoms with Crippen LogP contribution in [0.5, 0.6) is 0 Å². The van der Waals surface area contributed by atoms with Crippen molar-refractivity contribution < 1.29 is 80.2 Å². The van der Waals surface area contributed by atoms with Crippen LogP contribution in [0.15, 0.2) is 194 Å². The molecule has 17 nitrogen and oxygen atoms in total. The van der Waals surface area contributed by atoms with Crippen molar-refractivity contribution in [1.29, 1.82) is 0 Å². The van der Waals surface area contributed by atoms with E-state index in [2.05, 4.69) is 222 Å². The molecule has 634 valence electrons. The Balaban J connectivity index is 5.48. The Hall–Kier alpha value is -6.10. The molecule has 4 unspecified atom stereocenters. The summed E-state index contributed by atoms with van der Waals surface area (Å²) >= 11 is 0. The number of allylic oxidation sites excluding steroid dienone is 32. The fraction of sp³-hybridized carbons (Fsp3) is 0.613. The molecule has 112 heavy (non-hydrogen) atoms. The molecule has 19 heteroatoms. The molecule has 0 spiro atoms. The van der Waals surface area contributed by atoms with Gasteiger partial charge in [0.05, 0.1) is 26.4 Å². The number of aliphatic hydroxyl groups excluding tert-OH is 1. The number of aliphatic hydroxyl groups is 1. The van der Waals surface area contributed by atoms with Gasteiger partial charge in [-0.15, -0.1) is 0 Å². The number of phosphoric acid groups is 2. The van der Waals surface area contributed by atoms with E-state index in [1.54, 1.807) is 0 Å². The molecule has 0 saturated heterocycles. The Morgan fingerprint density at radius 1 is 0.250 bits per heavy atom. The van der Waals surface area contributed by atoms with Gasteiger partial charge in [-0.25, -0.2) is 9.13 Å². The van der Waals surface area contributed by atoms with Crippen molar-refractivity contribution in [2.75, 3.05) is 39.6 Å². The van der Waals surface area contributed by atoms with Crippen LogP contribution in [0.2, 0.25) is 0 Å². The van der Waals surface area contributed by atoms with Crippen molar-refractivity contribution in [3.63, 3.8) is 0 Å². The highest BCUT2D eigenvalue weighted by atomic mass is 31.2. The number of hydrogen-bond acceptors (Lipinski definition) is 15. The first kappa shape index (κ1) is 106. The summed E-state index contributed by atoms with van der Waals surface area (Å²) in [4.78, 5) is 73.3. The van der Waals surface area contributed by atoms with E-state index in [0.29, 0.717) is 25.7 Å². The quantitative estimate of drug-likeness (QED) is 0.0169. The standard InChI is InChI=1S/C93H150O17P2/c1-5-9-13-17-21-25-29-33-37-41-43-47-49-53-57-61-65-69-73-77-90(95)103-83-88(109-92(97)79-75-71-67-63-59-55-51-45-39-35-31-27-23-19-15-11-7-3)85-107-111(99,100)105-81-87(94)82-106-112(101,102)108-86-89(110-93(98)80-76-72-68-64-60-56-52-46-40-36-32-28-24-20-16-12-8-4)84-104-91(96)78-74-70-66-62-58-54-50-48-44-42-38-34-30-26-22-18-14-10-6-2/h9-16,21-28,33-40,43-44,47-48,51-52,55-56,87-89,94H,5-8,17-20,29-32,41-42,45-46,49-50,53-54,57-86H2,1-4H3,(H,99,100)(H,101,102)/b13-9-,14-10-,15-11-,16-12-,25-21-,26-22-,27-23-,28-24-,37-33-,38-34-,39-35-,40-36-,47-43-,48-44-,55-51-,56-52-. The van der Waals surface area contributed by atoms with Gasteiger partial charge in [0.15, 0.2) is 12.2 Å². The second kappa shape index (κ2) is 82.9. The Bertz CT molecular complexity index is 2700. The van der Waals surface area contributed by atoms with Crippen LogP contribution in [0, 0.1) is 0 Å². The lowest BCUT2D eigenvalue weighted by molar-refractivity contribution is -0.161. The van der Waals surface area contributed by atoms with E-state index in [4.69, 9.17) is 37.0 Å². The van der Waals surface area contributed by atoms with Crippen molar-refractivity contribution in [1.82, 2.24) is 0 Å². The predicted molar refractivity (Wildman–Crippen MR) is 463 cm³/mol. The van der Waals surface area contributed by atoms with Crippen LogP contribution >= 0.6 is 15.6 Å². The number of carbonyl (C=O) groups is 4. The molecule has 0 aliphatic rings. The zero-order valence-corrected chi connectivity index (χ0v) is 71.3. The van der Waals surface area contributed by atoms with Crippen molar-refractivity contribution in [2.45, 2.75) is 329 Å². The van der Waals surface area contributed by atoms with Gasteiger partial charge in [0, 0.05) is 25.7 Å². The summed E-state index contributed by atoms with van der Waals surface area (Å²) in [6.45, 7) is 4.34. The molecular weight excluding hydrogens is 1450 g/mol. The van der Waals surface area contributed by atoms with Crippen LogP contribution < -0.4 is 0 Å². The molecule has 0 aromatic heterocycles. The fourth-order valence-electron chi connectivity index (χ4n) is 10.7. The number of hydrogen-bond donors (Lipinski definition) is 3. The Labute approximate surface area is 678 Å². The first-order chi connectivity index (χ1) is 54.7. The van der Waals surface area contributed by atoms with Crippen molar-refractivity contribution in [3.05, 3.63) is 194 Å². The minimum atomic E-state index is -5.01. The average molecular weight is 1600 g/mol. The molecule has 0 saturated carbocycles. The molecule has 0 aromatic carbocycles. The topological polar surface area (TPSA) is 237 Å². The van der Waals surface area contributed by atoms with Crippen LogP contribution in [0.1, 0.15) is 310 Å². The molecular formula is C93H150O17P2. The highest BCUT2D eigenvalue weighted by Crippen LogP contribution is 2.45. The molecule has 0 radical (unpaired) electrons. The number of ether oxygens (including phenoxy) is 4. The first-order valence-corrected chi connectivity index (χ1v) is 45.7. The summed E-state index contributed by atoms with van der Waals surface area (Å²) in [5.74, 6) is -2.27. The summed E-state index contributed by atoms with van der Waals surface area (Å²) in [6.07, 6.45) is 102. The SMILES string of the molecule is CC/C=C\C/C=C\C/C=C\C/C=C\CCCCCCCCC(=O)OCC(COP(=O)(O)OCC(O)COP(=O)(O)OCC(COC(=O)CCCCCCCC/C=C\C/C=C\C/C=C\C/C=C\CC)OC(=O)CCCCCC/C=C\C/C=C\C/C=C\C/C=C\CC)OC(=O)CCCCCC/C=C\C/C=C\C/C=C\C/C=C\CC. The van der Waals surface area contributed by atoms with E-state index in [-0.39, 0.29) is 25.7 Å². The van der Waals surface area contributed by atoms with Gasteiger partial charge in [0.2, 0.25) is 0 Å². The third-order valence-corrected chi connectivity index (χ3v) is 18.9. The lowest BCUT2D eigenvalue weighted by Gasteiger charge is -2.21. The third kappa shape index (κ3) is 81.9. The minimum absolute atomic E-state index is 0.0554. The zero-order valence-electron chi connectivity index (χ0n) is 69.5. The smallest absolute Gasteiger partial charge is 0.462 e. The number of carbonyl (C=O) groups excluding carboxylic acids is 4. The van der Waals surface area contributed by atoms with E-state index in [9.17, 15) is 43.2 Å². The van der Waals surface area contributed by atoms with E-state index >= 15 is 0 Å². The number of phosphoric ester groups is 2. The highest BCUT2D eigenvalue weighted by molar-refractivity contribution is 7.47. The molecule has 0 aliphatic heterocycles. The van der Waals surface area contributed by atoms with Gasteiger partial charge in [-0.1, -0.05) is 299 Å². The zero-order chi connectivity index (χ0) is 81.7. The Morgan fingerprint density at radius 3 is 0.670 bits per heavy atom. The fourth-order valence-corrected chi connectivity index (χ4v) is 12.3.